The van der Waals surface area contributed by atoms with Gasteiger partial charge in [0.1, 0.15) is 6.04 Å². The number of likely N-dealkylation sites (tertiary alicyclic amines) is 1. The Kier molecular flexibility index (Phi) is 5.59. The van der Waals surface area contributed by atoms with E-state index in [0.29, 0.717) is 37.1 Å². The molecule has 24 heavy (non-hydrogen) atoms. The van der Waals surface area contributed by atoms with Crippen molar-refractivity contribution in [3.8, 4) is 0 Å². The van der Waals surface area contributed by atoms with Crippen molar-refractivity contribution in [2.75, 3.05) is 11.9 Å². The largest absolute Gasteiger partial charge is 0.480 e. The molecule has 0 bridgehead atoms. The third kappa shape index (κ3) is 4.13. The van der Waals surface area contributed by atoms with Crippen LogP contribution in [-0.2, 0) is 9.59 Å². The molecule has 1 aromatic carbocycles. The molecule has 6 heteroatoms. The lowest BCUT2D eigenvalue weighted by Gasteiger charge is -2.22. The molecule has 0 saturated carbocycles. The number of aryl methyl sites for hydroxylation is 1. The minimum atomic E-state index is -0.963. The van der Waals surface area contributed by atoms with Crippen LogP contribution in [0, 0.1) is 12.8 Å². The van der Waals surface area contributed by atoms with Crippen LogP contribution in [0.15, 0.2) is 18.2 Å². The number of carbonyl (C=O) groups excluding carboxylic acids is 2. The van der Waals surface area contributed by atoms with Crippen LogP contribution in [0.5, 0.6) is 0 Å². The normalized spacial score (nSPS) is 17.2. The van der Waals surface area contributed by atoms with Crippen LogP contribution in [0.25, 0.3) is 0 Å². The van der Waals surface area contributed by atoms with Crippen molar-refractivity contribution in [3.05, 3.63) is 29.3 Å². The van der Waals surface area contributed by atoms with E-state index in [-0.39, 0.29) is 17.7 Å². The topological polar surface area (TPSA) is 86.7 Å². The van der Waals surface area contributed by atoms with E-state index in [9.17, 15) is 19.5 Å². The number of carboxylic acid groups (broad SMARTS) is 1. The van der Waals surface area contributed by atoms with E-state index >= 15 is 0 Å². The van der Waals surface area contributed by atoms with Crippen molar-refractivity contribution in [1.82, 2.24) is 4.90 Å². The monoisotopic (exact) mass is 332 g/mol. The van der Waals surface area contributed by atoms with Crippen LogP contribution < -0.4 is 5.32 Å². The lowest BCUT2D eigenvalue weighted by Crippen LogP contribution is -2.40. The van der Waals surface area contributed by atoms with Gasteiger partial charge in [0.05, 0.1) is 0 Å². The first-order chi connectivity index (χ1) is 11.3. The molecule has 130 valence electrons. The molecule has 2 rings (SSSR count). The number of carbonyl (C=O) groups is 3. The number of hydrogen-bond acceptors (Lipinski definition) is 3. The van der Waals surface area contributed by atoms with E-state index < -0.39 is 12.0 Å². The molecule has 0 aliphatic carbocycles. The summed E-state index contributed by atoms with van der Waals surface area (Å²) in [4.78, 5) is 37.1. The number of anilines is 1. The fourth-order valence-corrected chi connectivity index (χ4v) is 2.94. The molecule has 1 saturated heterocycles. The van der Waals surface area contributed by atoms with Crippen molar-refractivity contribution in [2.24, 2.45) is 5.92 Å². The van der Waals surface area contributed by atoms with Gasteiger partial charge in [-0.1, -0.05) is 13.8 Å². The highest BCUT2D eigenvalue weighted by molar-refractivity contribution is 5.98. The Hall–Kier alpha value is -2.37. The third-order valence-electron chi connectivity index (χ3n) is 4.14. The lowest BCUT2D eigenvalue weighted by atomic mass is 10.1. The standard InChI is InChI=1S/C18H24N2O4/c1-11(2)9-16(21)19-14-7-6-13(10-12(14)3)17(22)20-8-4-5-15(20)18(23)24/h6-7,10-11,15H,4-5,8-9H2,1-3H3,(H,19,21)(H,23,24)/t15-/m0/s1. The molecule has 2 N–H and O–H groups in total. The molecule has 6 nitrogen and oxygen atoms in total. The summed E-state index contributed by atoms with van der Waals surface area (Å²) >= 11 is 0. The number of amides is 2. The Bertz CT molecular complexity index is 654. The van der Waals surface area contributed by atoms with Gasteiger partial charge in [-0.05, 0) is 49.4 Å². The van der Waals surface area contributed by atoms with Gasteiger partial charge in [-0.3, -0.25) is 9.59 Å². The Balaban J connectivity index is 2.12. The maximum atomic E-state index is 12.6. The maximum absolute atomic E-state index is 12.6. The van der Waals surface area contributed by atoms with Crippen molar-refractivity contribution in [1.29, 1.82) is 0 Å². The molecule has 0 aromatic heterocycles. The van der Waals surface area contributed by atoms with E-state index in [1.807, 2.05) is 20.8 Å². The van der Waals surface area contributed by atoms with E-state index in [1.165, 1.54) is 4.90 Å². The van der Waals surface area contributed by atoms with Gasteiger partial charge in [0.15, 0.2) is 0 Å². The number of nitrogens with zero attached hydrogens (tertiary/aromatic N) is 1. The zero-order valence-corrected chi connectivity index (χ0v) is 14.3. The van der Waals surface area contributed by atoms with Crippen molar-refractivity contribution < 1.29 is 19.5 Å². The fourth-order valence-electron chi connectivity index (χ4n) is 2.94. The van der Waals surface area contributed by atoms with Crippen molar-refractivity contribution >= 4 is 23.5 Å². The summed E-state index contributed by atoms with van der Waals surface area (Å²) in [6.07, 6.45) is 1.63. The molecule has 2 amide bonds. The molecule has 1 heterocycles. The van der Waals surface area contributed by atoms with Crippen LogP contribution in [0.2, 0.25) is 0 Å². The minimum absolute atomic E-state index is 0.0577. The van der Waals surface area contributed by atoms with Crippen LogP contribution in [0.1, 0.15) is 49.0 Å². The van der Waals surface area contributed by atoms with E-state index in [1.54, 1.807) is 18.2 Å². The Labute approximate surface area is 141 Å². The summed E-state index contributed by atoms with van der Waals surface area (Å²) in [5.74, 6) is -1.02. The van der Waals surface area contributed by atoms with E-state index in [2.05, 4.69) is 5.32 Å². The number of benzene rings is 1. The Morgan fingerprint density at radius 1 is 1.33 bits per heavy atom. The average molecular weight is 332 g/mol. The van der Waals surface area contributed by atoms with Gasteiger partial charge in [0, 0.05) is 24.2 Å². The van der Waals surface area contributed by atoms with Crippen LogP contribution >= 0.6 is 0 Å². The summed E-state index contributed by atoms with van der Waals surface area (Å²) in [5.41, 5.74) is 1.90. The molecule has 0 spiro atoms. The predicted octanol–water partition coefficient (Wildman–Crippen LogP) is 2.67. The second-order valence-corrected chi connectivity index (χ2v) is 6.67. The number of rotatable bonds is 5. The summed E-state index contributed by atoms with van der Waals surface area (Å²) in [6, 6.07) is 4.29. The molecule has 0 radical (unpaired) electrons. The predicted molar refractivity (Wildman–Crippen MR) is 91.0 cm³/mol. The summed E-state index contributed by atoms with van der Waals surface area (Å²) in [5, 5.41) is 12.1. The molecule has 1 aromatic rings. The van der Waals surface area contributed by atoms with Crippen LogP contribution in [-0.4, -0.2) is 40.4 Å². The Morgan fingerprint density at radius 2 is 2.04 bits per heavy atom. The van der Waals surface area contributed by atoms with E-state index in [0.717, 1.165) is 5.56 Å². The first-order valence-electron chi connectivity index (χ1n) is 8.24. The maximum Gasteiger partial charge on any atom is 0.326 e. The number of aliphatic carboxylic acids is 1. The number of carboxylic acids is 1. The molecule has 1 atom stereocenters. The lowest BCUT2D eigenvalue weighted by molar-refractivity contribution is -0.141. The SMILES string of the molecule is Cc1cc(C(=O)N2CCC[C@H]2C(=O)O)ccc1NC(=O)CC(C)C. The summed E-state index contributed by atoms with van der Waals surface area (Å²) in [7, 11) is 0. The molecule has 1 aliphatic heterocycles. The number of nitrogens with one attached hydrogen (secondary N) is 1. The average Bonchev–Trinajstić information content (AvgIpc) is 2.97. The smallest absolute Gasteiger partial charge is 0.326 e. The first kappa shape index (κ1) is 18.0. The van der Waals surface area contributed by atoms with Gasteiger partial charge in [-0.15, -0.1) is 0 Å². The van der Waals surface area contributed by atoms with Crippen LogP contribution in [0.4, 0.5) is 5.69 Å². The molecule has 0 unspecified atom stereocenters. The quantitative estimate of drug-likeness (QED) is 0.868. The molecule has 1 aliphatic rings. The van der Waals surface area contributed by atoms with Gasteiger partial charge in [-0.2, -0.15) is 0 Å². The minimum Gasteiger partial charge on any atom is -0.480 e. The number of hydrogen-bond donors (Lipinski definition) is 2. The first-order valence-corrected chi connectivity index (χ1v) is 8.24. The van der Waals surface area contributed by atoms with Gasteiger partial charge < -0.3 is 15.3 Å². The van der Waals surface area contributed by atoms with Gasteiger partial charge in [0.25, 0.3) is 5.91 Å². The Morgan fingerprint density at radius 3 is 2.62 bits per heavy atom. The highest BCUT2D eigenvalue weighted by Crippen LogP contribution is 2.23. The zero-order valence-electron chi connectivity index (χ0n) is 14.3. The van der Waals surface area contributed by atoms with Gasteiger partial charge in [0.2, 0.25) is 5.91 Å². The van der Waals surface area contributed by atoms with Crippen molar-refractivity contribution in [2.45, 2.75) is 46.1 Å². The second-order valence-electron chi connectivity index (χ2n) is 6.67. The highest BCUT2D eigenvalue weighted by Gasteiger charge is 2.34. The molecule has 1 fully saturated rings. The second kappa shape index (κ2) is 7.47. The van der Waals surface area contributed by atoms with E-state index in [4.69, 9.17) is 0 Å². The summed E-state index contributed by atoms with van der Waals surface area (Å²) < 4.78 is 0. The van der Waals surface area contributed by atoms with Crippen LogP contribution in [0.3, 0.4) is 0 Å². The van der Waals surface area contributed by atoms with Gasteiger partial charge in [-0.25, -0.2) is 4.79 Å². The third-order valence-corrected chi connectivity index (χ3v) is 4.14. The summed E-state index contributed by atoms with van der Waals surface area (Å²) in [6.45, 7) is 6.23. The molecular weight excluding hydrogens is 308 g/mol. The highest BCUT2D eigenvalue weighted by atomic mass is 16.4. The van der Waals surface area contributed by atoms with Gasteiger partial charge >= 0.3 is 5.97 Å². The van der Waals surface area contributed by atoms with Crippen molar-refractivity contribution in [3.63, 3.8) is 0 Å². The molecular formula is C18H24N2O4. The zero-order chi connectivity index (χ0) is 17.9. The fraction of sp³-hybridized carbons (Fsp3) is 0.500.